The Bertz CT molecular complexity index is 781. The summed E-state index contributed by atoms with van der Waals surface area (Å²) in [6.07, 6.45) is 0. The molecule has 0 spiro atoms. The Morgan fingerprint density at radius 3 is 1.95 bits per heavy atom. The molecule has 0 aliphatic heterocycles. The zero-order chi connectivity index (χ0) is 14.7. The van der Waals surface area contributed by atoms with Crippen LogP contribution in [-0.4, -0.2) is 15.8 Å². The highest BCUT2D eigenvalue weighted by molar-refractivity contribution is 6.19. The molecule has 0 amide bonds. The van der Waals surface area contributed by atoms with Crippen molar-refractivity contribution in [1.29, 1.82) is 10.5 Å². The predicted octanol–water partition coefficient (Wildman–Crippen LogP) is 2.46. The van der Waals surface area contributed by atoms with Gasteiger partial charge in [-0.2, -0.15) is 10.5 Å². The average Bonchev–Trinajstić information content (AvgIpc) is 2.81. The van der Waals surface area contributed by atoms with Crippen molar-refractivity contribution >= 4 is 5.78 Å². The average molecular weight is 262 g/mol. The number of hydrogen-bond acceptors (Lipinski definition) is 5. The van der Waals surface area contributed by atoms with Crippen LogP contribution in [0.5, 0.6) is 0 Å². The second-order valence-corrected chi connectivity index (χ2v) is 3.72. The van der Waals surface area contributed by atoms with Gasteiger partial charge >= 0.3 is 0 Å². The number of ketones is 1. The second kappa shape index (κ2) is 5.29. The number of carbonyl (C=O) groups is 1. The summed E-state index contributed by atoms with van der Waals surface area (Å²) in [6, 6.07) is 10.6. The van der Waals surface area contributed by atoms with E-state index >= 15 is 0 Å². The molecule has 5 heteroatoms. The van der Waals surface area contributed by atoms with Crippen LogP contribution in [0, 0.1) is 22.7 Å². The number of nitriles is 2. The minimum atomic E-state index is -0.255. The lowest BCUT2D eigenvalue weighted by atomic mass is 10.1. The Kier molecular flexibility index (Phi) is 3.54. The third-order valence-electron chi connectivity index (χ3n) is 2.75. The highest BCUT2D eigenvalue weighted by atomic mass is 16.1. The van der Waals surface area contributed by atoms with Gasteiger partial charge in [-0.3, -0.25) is 4.79 Å². The summed E-state index contributed by atoms with van der Waals surface area (Å²) in [7, 11) is 0. The predicted molar refractivity (Wildman–Crippen MR) is 71.7 cm³/mol. The van der Waals surface area contributed by atoms with E-state index in [-0.39, 0.29) is 22.9 Å². The minimum absolute atomic E-state index is 0.0549. The zero-order valence-electron chi connectivity index (χ0n) is 11.0. The van der Waals surface area contributed by atoms with Gasteiger partial charge in [0.2, 0.25) is 5.78 Å². The monoisotopic (exact) mass is 262 g/mol. The molecule has 0 bridgehead atoms. The first-order valence-corrected chi connectivity index (χ1v) is 6.12. The Balaban J connectivity index is 0.000000704. The van der Waals surface area contributed by atoms with E-state index in [0.717, 1.165) is 0 Å². The molecule has 1 heterocycles. The maximum atomic E-state index is 12.1. The molecule has 1 aliphatic carbocycles. The lowest BCUT2D eigenvalue weighted by Gasteiger charge is -1.99. The van der Waals surface area contributed by atoms with Crippen molar-refractivity contribution in [2.75, 3.05) is 0 Å². The van der Waals surface area contributed by atoms with Crippen molar-refractivity contribution in [3.8, 4) is 23.4 Å². The summed E-state index contributed by atoms with van der Waals surface area (Å²) in [6.45, 7) is 4.00. The molecule has 1 aliphatic rings. The number of nitrogens with zero attached hydrogens (tertiary/aromatic N) is 4. The van der Waals surface area contributed by atoms with E-state index in [0.29, 0.717) is 16.8 Å². The summed E-state index contributed by atoms with van der Waals surface area (Å²) in [5, 5.41) is 17.8. The van der Waals surface area contributed by atoms with Crippen molar-refractivity contribution < 1.29 is 4.79 Å². The molecule has 0 saturated heterocycles. The largest absolute Gasteiger partial charge is 0.287 e. The number of benzene rings is 1. The lowest BCUT2D eigenvalue weighted by molar-refractivity contribution is 0.103. The lowest BCUT2D eigenvalue weighted by Crippen LogP contribution is -2.03. The molecular formula is C15H10N4O. The molecule has 2 aromatic rings. The molecule has 20 heavy (non-hydrogen) atoms. The standard InChI is InChI=1S/C13H4N4O.C2H6/c14-5-9-10(6-15)17-12-11(16-9)7-3-1-2-4-8(7)13(12)18;1-2/h1-4H;1-2H3. The fourth-order valence-corrected chi connectivity index (χ4v) is 1.95. The van der Waals surface area contributed by atoms with Crippen LogP contribution in [0.4, 0.5) is 0 Å². The van der Waals surface area contributed by atoms with Crippen LogP contribution in [0.2, 0.25) is 0 Å². The number of aromatic nitrogens is 2. The van der Waals surface area contributed by atoms with Crippen LogP contribution in [0.15, 0.2) is 24.3 Å². The van der Waals surface area contributed by atoms with E-state index in [1.165, 1.54) is 0 Å². The first-order chi connectivity index (χ1) is 9.76. The molecule has 96 valence electrons. The molecule has 5 nitrogen and oxygen atoms in total. The zero-order valence-corrected chi connectivity index (χ0v) is 11.0. The van der Waals surface area contributed by atoms with Crippen molar-refractivity contribution in [3.05, 3.63) is 46.9 Å². The number of rotatable bonds is 0. The topological polar surface area (TPSA) is 90.4 Å². The third-order valence-corrected chi connectivity index (χ3v) is 2.75. The minimum Gasteiger partial charge on any atom is -0.287 e. The molecule has 0 fully saturated rings. The highest BCUT2D eigenvalue weighted by Gasteiger charge is 2.30. The summed E-state index contributed by atoms with van der Waals surface area (Å²) in [5.41, 5.74) is 1.52. The van der Waals surface area contributed by atoms with Crippen LogP contribution >= 0.6 is 0 Å². The van der Waals surface area contributed by atoms with Crippen molar-refractivity contribution in [3.63, 3.8) is 0 Å². The van der Waals surface area contributed by atoms with E-state index in [1.807, 2.05) is 19.9 Å². The maximum absolute atomic E-state index is 12.1. The number of carbonyl (C=O) groups excluding carboxylic acids is 1. The summed E-state index contributed by atoms with van der Waals surface area (Å²) < 4.78 is 0. The van der Waals surface area contributed by atoms with E-state index in [2.05, 4.69) is 9.97 Å². The van der Waals surface area contributed by atoms with Crippen LogP contribution in [-0.2, 0) is 0 Å². The fourth-order valence-electron chi connectivity index (χ4n) is 1.95. The Morgan fingerprint density at radius 1 is 0.900 bits per heavy atom. The molecule has 1 aromatic heterocycles. The van der Waals surface area contributed by atoms with E-state index in [9.17, 15) is 4.79 Å². The SMILES string of the molecule is CC.N#Cc1nc2c(nc1C#N)-c1ccccc1C2=O. The molecule has 0 atom stereocenters. The van der Waals surface area contributed by atoms with Gasteiger partial charge in [0.15, 0.2) is 11.4 Å². The van der Waals surface area contributed by atoms with Gasteiger partial charge in [-0.05, 0) is 0 Å². The van der Waals surface area contributed by atoms with Gasteiger partial charge < -0.3 is 0 Å². The Morgan fingerprint density at radius 2 is 1.40 bits per heavy atom. The Labute approximate surface area is 116 Å². The van der Waals surface area contributed by atoms with Gasteiger partial charge in [0, 0.05) is 11.1 Å². The van der Waals surface area contributed by atoms with Crippen LogP contribution < -0.4 is 0 Å². The first kappa shape index (κ1) is 13.4. The van der Waals surface area contributed by atoms with Gasteiger partial charge in [-0.1, -0.05) is 38.1 Å². The van der Waals surface area contributed by atoms with Gasteiger partial charge in [0.1, 0.15) is 23.5 Å². The van der Waals surface area contributed by atoms with Gasteiger partial charge in [0.25, 0.3) is 0 Å². The molecule has 3 rings (SSSR count). The second-order valence-electron chi connectivity index (χ2n) is 3.72. The van der Waals surface area contributed by atoms with Crippen LogP contribution in [0.3, 0.4) is 0 Å². The van der Waals surface area contributed by atoms with E-state index in [1.54, 1.807) is 30.3 Å². The van der Waals surface area contributed by atoms with Gasteiger partial charge in [0.05, 0.1) is 0 Å². The molecule has 0 radical (unpaired) electrons. The molecular weight excluding hydrogens is 252 g/mol. The van der Waals surface area contributed by atoms with E-state index in [4.69, 9.17) is 10.5 Å². The van der Waals surface area contributed by atoms with Crippen LogP contribution in [0.1, 0.15) is 41.3 Å². The normalized spacial score (nSPS) is 10.5. The number of hydrogen-bond donors (Lipinski definition) is 0. The smallest absolute Gasteiger partial charge is 0.214 e. The van der Waals surface area contributed by atoms with Crippen LogP contribution in [0.25, 0.3) is 11.3 Å². The molecule has 0 unspecified atom stereocenters. The maximum Gasteiger partial charge on any atom is 0.214 e. The van der Waals surface area contributed by atoms with E-state index < -0.39 is 0 Å². The molecule has 0 N–H and O–H groups in total. The Hall–Kier alpha value is -3.05. The number of fused-ring (bicyclic) bond motifs is 3. The van der Waals surface area contributed by atoms with Crippen molar-refractivity contribution in [2.24, 2.45) is 0 Å². The quantitative estimate of drug-likeness (QED) is 0.620. The highest BCUT2D eigenvalue weighted by Crippen LogP contribution is 2.34. The molecule has 0 saturated carbocycles. The first-order valence-electron chi connectivity index (χ1n) is 6.12. The summed E-state index contributed by atoms with van der Waals surface area (Å²) >= 11 is 0. The van der Waals surface area contributed by atoms with Gasteiger partial charge in [-0.15, -0.1) is 0 Å². The summed E-state index contributed by atoms with van der Waals surface area (Å²) in [5.74, 6) is -0.255. The summed E-state index contributed by atoms with van der Waals surface area (Å²) in [4.78, 5) is 20.1. The van der Waals surface area contributed by atoms with Gasteiger partial charge in [-0.25, -0.2) is 9.97 Å². The third kappa shape index (κ3) is 1.82. The fraction of sp³-hybridized carbons (Fsp3) is 0.133. The molecule has 1 aromatic carbocycles. The van der Waals surface area contributed by atoms with Crippen molar-refractivity contribution in [2.45, 2.75) is 13.8 Å². The van der Waals surface area contributed by atoms with Crippen molar-refractivity contribution in [1.82, 2.24) is 9.97 Å².